The molecule has 6 heteroatoms. The quantitative estimate of drug-likeness (QED) is 0.425. The molecule has 4 rings (SSSR count). The molecule has 0 radical (unpaired) electrons. The number of ether oxygens (including phenoxy) is 1. The van der Waals surface area contributed by atoms with E-state index in [1.54, 1.807) is 12.1 Å². The molecule has 3 aromatic carbocycles. The number of hydrogen-bond acceptors (Lipinski definition) is 4. The van der Waals surface area contributed by atoms with Gasteiger partial charge in [0.15, 0.2) is 0 Å². The van der Waals surface area contributed by atoms with Crippen molar-refractivity contribution >= 4 is 16.9 Å². The summed E-state index contributed by atoms with van der Waals surface area (Å²) in [6.07, 6.45) is -0.148. The zero-order valence-electron chi connectivity index (χ0n) is 18.1. The predicted molar refractivity (Wildman–Crippen MR) is 125 cm³/mol. The minimum atomic E-state index is -0.702. The molecule has 4 aromatic rings. The van der Waals surface area contributed by atoms with E-state index < -0.39 is 6.10 Å². The zero-order valence-corrected chi connectivity index (χ0v) is 18.1. The maximum atomic E-state index is 12.3. The van der Waals surface area contributed by atoms with Crippen LogP contribution >= 0.6 is 0 Å². The SMILES string of the molecule is Cc1ccc(OCC(O)Cn2c(CCNC(=O)c3ccccc3)nc3ccccc32)cc1. The van der Waals surface area contributed by atoms with Gasteiger partial charge in [-0.05, 0) is 43.3 Å². The zero-order chi connectivity index (χ0) is 22.3. The normalized spacial score (nSPS) is 11.9. The third kappa shape index (κ3) is 5.34. The van der Waals surface area contributed by atoms with E-state index >= 15 is 0 Å². The van der Waals surface area contributed by atoms with E-state index in [1.165, 1.54) is 0 Å². The van der Waals surface area contributed by atoms with Crippen LogP contribution in [-0.4, -0.2) is 39.8 Å². The van der Waals surface area contributed by atoms with E-state index in [1.807, 2.05) is 78.2 Å². The molecule has 32 heavy (non-hydrogen) atoms. The van der Waals surface area contributed by atoms with Crippen LogP contribution in [0.25, 0.3) is 11.0 Å². The number of fused-ring (bicyclic) bond motifs is 1. The Labute approximate surface area is 187 Å². The van der Waals surface area contributed by atoms with Crippen LogP contribution in [0, 0.1) is 6.92 Å². The number of aryl methyl sites for hydroxylation is 1. The lowest BCUT2D eigenvalue weighted by Gasteiger charge is -2.16. The maximum Gasteiger partial charge on any atom is 0.251 e. The van der Waals surface area contributed by atoms with E-state index in [0.717, 1.165) is 28.2 Å². The first-order valence-electron chi connectivity index (χ1n) is 10.7. The van der Waals surface area contributed by atoms with Crippen LogP contribution in [0.4, 0.5) is 0 Å². The smallest absolute Gasteiger partial charge is 0.251 e. The van der Waals surface area contributed by atoms with Gasteiger partial charge in [-0.3, -0.25) is 4.79 Å². The van der Waals surface area contributed by atoms with Crippen molar-refractivity contribution in [2.45, 2.75) is 26.0 Å². The number of imidazole rings is 1. The Morgan fingerprint density at radius 2 is 1.75 bits per heavy atom. The molecule has 0 saturated heterocycles. The van der Waals surface area contributed by atoms with Crippen LogP contribution in [0.3, 0.4) is 0 Å². The van der Waals surface area contributed by atoms with Gasteiger partial charge in [-0.15, -0.1) is 0 Å². The summed E-state index contributed by atoms with van der Waals surface area (Å²) >= 11 is 0. The number of rotatable bonds is 9. The van der Waals surface area contributed by atoms with Crippen molar-refractivity contribution in [2.75, 3.05) is 13.2 Å². The van der Waals surface area contributed by atoms with Crippen LogP contribution < -0.4 is 10.1 Å². The summed E-state index contributed by atoms with van der Waals surface area (Å²) in [5, 5.41) is 13.6. The standard InChI is InChI=1S/C26H27N3O3/c1-19-11-13-22(14-12-19)32-18-21(30)17-29-24-10-6-5-9-23(24)28-25(29)15-16-27-26(31)20-7-3-2-4-8-20/h2-14,21,30H,15-18H2,1H3,(H,27,31). The Balaban J connectivity index is 1.41. The predicted octanol–water partition coefficient (Wildman–Crippen LogP) is 3.76. The van der Waals surface area contributed by atoms with Gasteiger partial charge in [0.1, 0.15) is 24.3 Å². The first-order valence-corrected chi connectivity index (χ1v) is 10.7. The summed E-state index contributed by atoms with van der Waals surface area (Å²) in [5.74, 6) is 1.43. The van der Waals surface area contributed by atoms with Gasteiger partial charge in [0.2, 0.25) is 0 Å². The Morgan fingerprint density at radius 1 is 1.03 bits per heavy atom. The summed E-state index contributed by atoms with van der Waals surface area (Å²) in [7, 11) is 0. The number of aliphatic hydroxyl groups excluding tert-OH is 1. The van der Waals surface area contributed by atoms with E-state index in [2.05, 4.69) is 5.32 Å². The van der Waals surface area contributed by atoms with Crippen molar-refractivity contribution in [3.63, 3.8) is 0 Å². The molecule has 0 bridgehead atoms. The number of carbonyl (C=O) groups is 1. The molecule has 0 aliphatic rings. The molecular weight excluding hydrogens is 402 g/mol. The number of hydrogen-bond donors (Lipinski definition) is 2. The molecular formula is C26H27N3O3. The summed E-state index contributed by atoms with van der Waals surface area (Å²) < 4.78 is 7.75. The van der Waals surface area contributed by atoms with Gasteiger partial charge in [0.05, 0.1) is 17.6 Å². The fourth-order valence-electron chi connectivity index (χ4n) is 3.59. The van der Waals surface area contributed by atoms with Gasteiger partial charge in [0.25, 0.3) is 5.91 Å². The molecule has 6 nitrogen and oxygen atoms in total. The number of para-hydroxylation sites is 2. The van der Waals surface area contributed by atoms with Crippen LogP contribution in [0.2, 0.25) is 0 Å². The second-order valence-corrected chi connectivity index (χ2v) is 7.78. The fraction of sp³-hybridized carbons (Fsp3) is 0.231. The highest BCUT2D eigenvalue weighted by Gasteiger charge is 2.15. The average molecular weight is 430 g/mol. The van der Waals surface area contributed by atoms with Gasteiger partial charge < -0.3 is 19.7 Å². The molecule has 0 aliphatic carbocycles. The molecule has 2 N–H and O–H groups in total. The fourth-order valence-corrected chi connectivity index (χ4v) is 3.59. The topological polar surface area (TPSA) is 76.4 Å². The molecule has 0 fully saturated rings. The maximum absolute atomic E-state index is 12.3. The molecule has 0 saturated carbocycles. The molecule has 1 unspecified atom stereocenters. The lowest BCUT2D eigenvalue weighted by Crippen LogP contribution is -2.28. The van der Waals surface area contributed by atoms with Crippen LogP contribution in [0.5, 0.6) is 5.75 Å². The van der Waals surface area contributed by atoms with Crippen molar-refractivity contribution in [3.8, 4) is 5.75 Å². The van der Waals surface area contributed by atoms with E-state index in [-0.39, 0.29) is 12.5 Å². The minimum Gasteiger partial charge on any atom is -0.491 e. The van der Waals surface area contributed by atoms with Crippen molar-refractivity contribution in [2.24, 2.45) is 0 Å². The molecule has 1 amide bonds. The van der Waals surface area contributed by atoms with Crippen molar-refractivity contribution in [3.05, 3.63) is 95.8 Å². The second-order valence-electron chi connectivity index (χ2n) is 7.78. The van der Waals surface area contributed by atoms with Gasteiger partial charge in [0, 0.05) is 18.5 Å². The first kappa shape index (κ1) is 21.6. The molecule has 1 aromatic heterocycles. The summed E-state index contributed by atoms with van der Waals surface area (Å²) in [6, 6.07) is 24.7. The number of benzene rings is 3. The first-order chi connectivity index (χ1) is 15.6. The summed E-state index contributed by atoms with van der Waals surface area (Å²) in [5.41, 5.74) is 3.60. The lowest BCUT2D eigenvalue weighted by molar-refractivity contribution is 0.0922. The van der Waals surface area contributed by atoms with Crippen molar-refractivity contribution in [1.29, 1.82) is 0 Å². The monoisotopic (exact) mass is 429 g/mol. The molecule has 0 spiro atoms. The third-order valence-corrected chi connectivity index (χ3v) is 5.26. The molecule has 164 valence electrons. The lowest BCUT2D eigenvalue weighted by atomic mass is 10.2. The Morgan fingerprint density at radius 3 is 2.53 bits per heavy atom. The Bertz CT molecular complexity index is 1170. The van der Waals surface area contributed by atoms with Gasteiger partial charge in [-0.2, -0.15) is 0 Å². The summed E-state index contributed by atoms with van der Waals surface area (Å²) in [4.78, 5) is 17.0. The largest absolute Gasteiger partial charge is 0.491 e. The average Bonchev–Trinajstić information content (AvgIpc) is 3.16. The highest BCUT2D eigenvalue weighted by Crippen LogP contribution is 2.18. The van der Waals surface area contributed by atoms with Crippen molar-refractivity contribution in [1.82, 2.24) is 14.9 Å². The van der Waals surface area contributed by atoms with Gasteiger partial charge >= 0.3 is 0 Å². The van der Waals surface area contributed by atoms with Gasteiger partial charge in [-0.25, -0.2) is 4.98 Å². The summed E-state index contributed by atoms with van der Waals surface area (Å²) in [6.45, 7) is 3.01. The number of aromatic nitrogens is 2. The second kappa shape index (κ2) is 10.1. The van der Waals surface area contributed by atoms with Gasteiger partial charge in [-0.1, -0.05) is 48.0 Å². The molecule has 0 aliphatic heterocycles. The number of nitrogens with zero attached hydrogens (tertiary/aromatic N) is 2. The van der Waals surface area contributed by atoms with E-state index in [9.17, 15) is 9.90 Å². The number of carbonyl (C=O) groups excluding carboxylic acids is 1. The minimum absolute atomic E-state index is 0.111. The number of aliphatic hydroxyl groups is 1. The highest BCUT2D eigenvalue weighted by molar-refractivity contribution is 5.94. The molecule has 1 heterocycles. The van der Waals surface area contributed by atoms with E-state index in [0.29, 0.717) is 25.1 Å². The third-order valence-electron chi connectivity index (χ3n) is 5.26. The molecule has 1 atom stereocenters. The van der Waals surface area contributed by atoms with Crippen molar-refractivity contribution < 1.29 is 14.6 Å². The Kier molecular flexibility index (Phi) is 6.82. The highest BCUT2D eigenvalue weighted by atomic mass is 16.5. The van der Waals surface area contributed by atoms with Crippen LogP contribution in [0.1, 0.15) is 21.7 Å². The Hall–Kier alpha value is -3.64. The van der Waals surface area contributed by atoms with Crippen LogP contribution in [-0.2, 0) is 13.0 Å². The number of nitrogens with one attached hydrogen (secondary N) is 1. The van der Waals surface area contributed by atoms with E-state index in [4.69, 9.17) is 9.72 Å². The van der Waals surface area contributed by atoms with Crippen LogP contribution in [0.15, 0.2) is 78.9 Å². The number of amides is 1.